The number of carbonyl (C=O) groups excluding carboxylic acids is 1. The van der Waals surface area contributed by atoms with Gasteiger partial charge in [-0.15, -0.1) is 0 Å². The molecule has 0 saturated heterocycles. The van der Waals surface area contributed by atoms with E-state index >= 15 is 0 Å². The van der Waals surface area contributed by atoms with E-state index in [1.54, 1.807) is 0 Å². The van der Waals surface area contributed by atoms with Crippen LogP contribution in [0.25, 0.3) is 0 Å². The normalized spacial score (nSPS) is 14.1. The molecule has 0 spiro atoms. The lowest BCUT2D eigenvalue weighted by atomic mass is 9.93. The van der Waals surface area contributed by atoms with E-state index in [9.17, 15) is 4.79 Å². The van der Waals surface area contributed by atoms with E-state index in [1.165, 1.54) is 7.11 Å². The van der Waals surface area contributed by atoms with Gasteiger partial charge < -0.3 is 10.5 Å². The minimum absolute atomic E-state index is 0.184. The maximum absolute atomic E-state index is 11.1. The summed E-state index contributed by atoms with van der Waals surface area (Å²) in [5.74, 6) is 0.00384. The van der Waals surface area contributed by atoms with E-state index in [4.69, 9.17) is 17.3 Å². The fraction of sp³-hybridized carbons (Fsp3) is 0.462. The summed E-state index contributed by atoms with van der Waals surface area (Å²) in [6.07, 6.45) is 0.983. The van der Waals surface area contributed by atoms with Crippen LogP contribution in [0.15, 0.2) is 24.3 Å². The molecule has 2 unspecified atom stereocenters. The summed E-state index contributed by atoms with van der Waals surface area (Å²) in [6.45, 7) is 2.07. The van der Waals surface area contributed by atoms with Gasteiger partial charge in [0.25, 0.3) is 0 Å². The Kier molecular flexibility index (Phi) is 5.45. The fourth-order valence-electron chi connectivity index (χ4n) is 1.78. The standard InChI is InChI=1S/C13H18ClNO2/c1-9(6-12(15)8-13(16)17-2)10-4-3-5-11(14)7-10/h3-5,7,9,12H,6,8,15H2,1-2H3. The van der Waals surface area contributed by atoms with Gasteiger partial charge in [0.2, 0.25) is 0 Å². The van der Waals surface area contributed by atoms with Crippen molar-refractivity contribution in [2.75, 3.05) is 7.11 Å². The maximum atomic E-state index is 11.1. The highest BCUT2D eigenvalue weighted by molar-refractivity contribution is 6.30. The van der Waals surface area contributed by atoms with Crippen LogP contribution in [0, 0.1) is 0 Å². The molecule has 1 aromatic rings. The summed E-state index contributed by atoms with van der Waals surface area (Å²) in [7, 11) is 1.37. The highest BCUT2D eigenvalue weighted by atomic mass is 35.5. The van der Waals surface area contributed by atoms with E-state index in [0.29, 0.717) is 0 Å². The monoisotopic (exact) mass is 255 g/mol. The Morgan fingerprint density at radius 2 is 2.24 bits per heavy atom. The van der Waals surface area contributed by atoms with Crippen molar-refractivity contribution in [2.24, 2.45) is 5.73 Å². The van der Waals surface area contributed by atoms with Crippen LogP contribution >= 0.6 is 11.6 Å². The van der Waals surface area contributed by atoms with Crippen molar-refractivity contribution >= 4 is 17.6 Å². The zero-order valence-electron chi connectivity index (χ0n) is 10.2. The molecule has 0 bridgehead atoms. The maximum Gasteiger partial charge on any atom is 0.307 e. The van der Waals surface area contributed by atoms with E-state index in [0.717, 1.165) is 17.0 Å². The number of hydrogen-bond acceptors (Lipinski definition) is 3. The predicted molar refractivity (Wildman–Crippen MR) is 69.1 cm³/mol. The van der Waals surface area contributed by atoms with Crippen molar-refractivity contribution in [1.82, 2.24) is 0 Å². The van der Waals surface area contributed by atoms with Crippen LogP contribution in [0.2, 0.25) is 5.02 Å². The Morgan fingerprint density at radius 1 is 1.53 bits per heavy atom. The van der Waals surface area contributed by atoms with E-state index in [-0.39, 0.29) is 24.3 Å². The molecule has 0 saturated carbocycles. The average molecular weight is 256 g/mol. The number of benzene rings is 1. The molecule has 4 heteroatoms. The Morgan fingerprint density at radius 3 is 2.82 bits per heavy atom. The molecule has 0 fully saturated rings. The predicted octanol–water partition coefficient (Wildman–Crippen LogP) is 2.72. The Hall–Kier alpha value is -1.06. The minimum Gasteiger partial charge on any atom is -0.469 e. The molecule has 17 heavy (non-hydrogen) atoms. The zero-order valence-corrected chi connectivity index (χ0v) is 10.9. The second kappa shape index (κ2) is 6.62. The summed E-state index contributed by atoms with van der Waals surface area (Å²) in [5, 5.41) is 0.718. The minimum atomic E-state index is -0.268. The van der Waals surface area contributed by atoms with Crippen LogP contribution in [-0.4, -0.2) is 19.1 Å². The number of carbonyl (C=O) groups is 1. The first-order valence-electron chi connectivity index (χ1n) is 5.60. The number of rotatable bonds is 5. The third-order valence-corrected chi connectivity index (χ3v) is 2.97. The molecule has 94 valence electrons. The van der Waals surface area contributed by atoms with Crippen LogP contribution in [0.3, 0.4) is 0 Å². The number of methoxy groups -OCH3 is 1. The van der Waals surface area contributed by atoms with Gasteiger partial charge in [-0.3, -0.25) is 4.79 Å². The zero-order chi connectivity index (χ0) is 12.8. The van der Waals surface area contributed by atoms with Crippen LogP contribution in [-0.2, 0) is 9.53 Å². The molecule has 0 aliphatic rings. The van der Waals surface area contributed by atoms with Crippen molar-refractivity contribution in [1.29, 1.82) is 0 Å². The molecule has 0 heterocycles. The van der Waals surface area contributed by atoms with Crippen molar-refractivity contribution in [3.63, 3.8) is 0 Å². The lowest BCUT2D eigenvalue weighted by molar-refractivity contribution is -0.141. The topological polar surface area (TPSA) is 52.3 Å². The largest absolute Gasteiger partial charge is 0.469 e. The molecule has 2 atom stereocenters. The Balaban J connectivity index is 2.54. The number of halogens is 1. The molecule has 1 aromatic carbocycles. The lowest BCUT2D eigenvalue weighted by Gasteiger charge is -2.17. The first kappa shape index (κ1) is 14.0. The molecular formula is C13H18ClNO2. The van der Waals surface area contributed by atoms with E-state index in [1.807, 2.05) is 24.3 Å². The van der Waals surface area contributed by atoms with Crippen LogP contribution in [0.5, 0.6) is 0 Å². The highest BCUT2D eigenvalue weighted by Gasteiger charge is 2.14. The summed E-state index contributed by atoms with van der Waals surface area (Å²) in [6, 6.07) is 7.52. The fourth-order valence-corrected chi connectivity index (χ4v) is 1.98. The van der Waals surface area contributed by atoms with Gasteiger partial charge in [-0.1, -0.05) is 30.7 Å². The third-order valence-electron chi connectivity index (χ3n) is 2.73. The molecule has 0 aromatic heterocycles. The SMILES string of the molecule is COC(=O)CC(N)CC(C)c1cccc(Cl)c1. The molecule has 0 aliphatic carbocycles. The Bertz CT molecular complexity index is 381. The molecular weight excluding hydrogens is 238 g/mol. The quantitative estimate of drug-likeness (QED) is 0.823. The molecule has 2 N–H and O–H groups in total. The van der Waals surface area contributed by atoms with Gasteiger partial charge in [-0.05, 0) is 30.0 Å². The van der Waals surface area contributed by atoms with Crippen molar-refractivity contribution in [3.8, 4) is 0 Å². The van der Waals surface area contributed by atoms with Gasteiger partial charge in [-0.25, -0.2) is 0 Å². The van der Waals surface area contributed by atoms with E-state index < -0.39 is 0 Å². The average Bonchev–Trinajstić information content (AvgIpc) is 2.28. The van der Waals surface area contributed by atoms with Gasteiger partial charge in [-0.2, -0.15) is 0 Å². The van der Waals surface area contributed by atoms with Crippen molar-refractivity contribution < 1.29 is 9.53 Å². The lowest BCUT2D eigenvalue weighted by Crippen LogP contribution is -2.26. The molecule has 0 radical (unpaired) electrons. The number of hydrogen-bond donors (Lipinski definition) is 1. The molecule has 3 nitrogen and oxygen atoms in total. The van der Waals surface area contributed by atoms with Crippen molar-refractivity contribution in [3.05, 3.63) is 34.9 Å². The number of nitrogens with two attached hydrogens (primary N) is 1. The first-order valence-corrected chi connectivity index (χ1v) is 5.98. The first-order chi connectivity index (χ1) is 8.02. The van der Waals surface area contributed by atoms with Gasteiger partial charge in [0.15, 0.2) is 0 Å². The van der Waals surface area contributed by atoms with Gasteiger partial charge in [0.1, 0.15) is 0 Å². The number of ether oxygens (including phenoxy) is 1. The molecule has 1 rings (SSSR count). The van der Waals surface area contributed by atoms with Gasteiger partial charge >= 0.3 is 5.97 Å². The summed E-state index contributed by atoms with van der Waals surface area (Å²) < 4.78 is 4.59. The second-order valence-corrected chi connectivity index (χ2v) is 4.67. The smallest absolute Gasteiger partial charge is 0.307 e. The highest BCUT2D eigenvalue weighted by Crippen LogP contribution is 2.23. The summed E-state index contributed by atoms with van der Waals surface area (Å²) >= 11 is 5.93. The van der Waals surface area contributed by atoms with Crippen LogP contribution in [0.4, 0.5) is 0 Å². The number of esters is 1. The van der Waals surface area contributed by atoms with Crippen LogP contribution in [0.1, 0.15) is 31.2 Å². The summed E-state index contributed by atoms with van der Waals surface area (Å²) in [5.41, 5.74) is 7.03. The molecule has 0 amide bonds. The Labute approximate surface area is 107 Å². The summed E-state index contributed by atoms with van der Waals surface area (Å²) in [4.78, 5) is 11.1. The van der Waals surface area contributed by atoms with Gasteiger partial charge in [0, 0.05) is 11.1 Å². The molecule has 0 aliphatic heterocycles. The van der Waals surface area contributed by atoms with Crippen molar-refractivity contribution in [2.45, 2.75) is 31.7 Å². The van der Waals surface area contributed by atoms with Crippen LogP contribution < -0.4 is 5.73 Å². The third kappa shape index (κ3) is 4.75. The second-order valence-electron chi connectivity index (χ2n) is 4.23. The van der Waals surface area contributed by atoms with E-state index in [2.05, 4.69) is 11.7 Å². The van der Waals surface area contributed by atoms with Gasteiger partial charge in [0.05, 0.1) is 13.5 Å².